The molecule has 1 aromatic carbocycles. The van der Waals surface area contributed by atoms with Gasteiger partial charge in [-0.25, -0.2) is 9.59 Å². The van der Waals surface area contributed by atoms with Crippen LogP contribution >= 0.6 is 15.9 Å². The van der Waals surface area contributed by atoms with E-state index in [0.717, 1.165) is 36.2 Å². The Balaban J connectivity index is 0.000000688. The number of carbonyl (C=O) groups is 2. The summed E-state index contributed by atoms with van der Waals surface area (Å²) in [7, 11) is 0. The monoisotopic (exact) mass is 391 g/mol. The second-order valence-electron chi connectivity index (χ2n) is 4.57. The van der Waals surface area contributed by atoms with E-state index in [4.69, 9.17) is 29.6 Å². The number of ether oxygens (including phenoxy) is 1. The van der Waals surface area contributed by atoms with Crippen LogP contribution in [0.25, 0.3) is 0 Å². The number of benzene rings is 1. The standard InChI is InChI=1S/C13H20BrNO2.C2H2O4/c1-11-4-5-13(12(14)10-11)17-9-3-2-6-15-7-8-16;3-1(4)2(5)6/h4-5,10,15-16H,2-3,6-9H2,1H3;(H,3,4)(H,5,6). The maximum atomic E-state index is 9.10. The average Bonchev–Trinajstić information content (AvgIpc) is 2.48. The van der Waals surface area contributed by atoms with E-state index >= 15 is 0 Å². The summed E-state index contributed by atoms with van der Waals surface area (Å²) in [6, 6.07) is 6.09. The zero-order valence-corrected chi connectivity index (χ0v) is 14.5. The maximum absolute atomic E-state index is 9.10. The molecule has 23 heavy (non-hydrogen) atoms. The Bertz CT molecular complexity index is 483. The summed E-state index contributed by atoms with van der Waals surface area (Å²) < 4.78 is 6.68. The van der Waals surface area contributed by atoms with E-state index < -0.39 is 11.9 Å². The Hall–Kier alpha value is -1.64. The number of aliphatic carboxylic acids is 2. The highest BCUT2D eigenvalue weighted by molar-refractivity contribution is 9.10. The molecular weight excluding hydrogens is 370 g/mol. The van der Waals surface area contributed by atoms with Crippen LogP contribution in [0.3, 0.4) is 0 Å². The SMILES string of the molecule is Cc1ccc(OCCCCNCCO)c(Br)c1.O=C(O)C(=O)O. The van der Waals surface area contributed by atoms with E-state index in [2.05, 4.69) is 34.2 Å². The Morgan fingerprint density at radius 2 is 1.83 bits per heavy atom. The molecule has 0 unspecified atom stereocenters. The number of unbranched alkanes of at least 4 members (excludes halogenated alkanes) is 1. The summed E-state index contributed by atoms with van der Waals surface area (Å²) in [5.74, 6) is -2.75. The fourth-order valence-corrected chi connectivity index (χ4v) is 2.07. The Morgan fingerprint density at radius 1 is 1.17 bits per heavy atom. The molecule has 0 saturated carbocycles. The second-order valence-corrected chi connectivity index (χ2v) is 5.43. The number of hydrogen-bond acceptors (Lipinski definition) is 5. The lowest BCUT2D eigenvalue weighted by atomic mass is 10.2. The Morgan fingerprint density at radius 3 is 2.35 bits per heavy atom. The summed E-state index contributed by atoms with van der Waals surface area (Å²) in [4.78, 5) is 18.2. The van der Waals surface area contributed by atoms with Gasteiger partial charge in [0.15, 0.2) is 0 Å². The molecule has 0 heterocycles. The first-order valence-corrected chi connectivity index (χ1v) is 7.84. The van der Waals surface area contributed by atoms with Crippen molar-refractivity contribution < 1.29 is 29.6 Å². The van der Waals surface area contributed by atoms with Gasteiger partial charge >= 0.3 is 11.9 Å². The molecular formula is C15H22BrNO6. The lowest BCUT2D eigenvalue weighted by Crippen LogP contribution is -2.19. The molecule has 130 valence electrons. The van der Waals surface area contributed by atoms with Gasteiger partial charge in [0.05, 0.1) is 17.7 Å². The molecule has 0 radical (unpaired) electrons. The van der Waals surface area contributed by atoms with Gasteiger partial charge in [-0.3, -0.25) is 0 Å². The smallest absolute Gasteiger partial charge is 0.414 e. The van der Waals surface area contributed by atoms with Gasteiger partial charge < -0.3 is 25.4 Å². The Labute approximate surface area is 143 Å². The predicted molar refractivity (Wildman–Crippen MR) is 88.8 cm³/mol. The largest absolute Gasteiger partial charge is 0.492 e. The van der Waals surface area contributed by atoms with Crippen LogP contribution in [0, 0.1) is 6.92 Å². The van der Waals surface area contributed by atoms with E-state index in [9.17, 15) is 0 Å². The molecule has 4 N–H and O–H groups in total. The number of aryl methyl sites for hydroxylation is 1. The van der Waals surface area contributed by atoms with Crippen LogP contribution in [0.5, 0.6) is 5.75 Å². The van der Waals surface area contributed by atoms with Crippen molar-refractivity contribution in [3.63, 3.8) is 0 Å². The minimum absolute atomic E-state index is 0.201. The zero-order valence-electron chi connectivity index (χ0n) is 12.9. The van der Waals surface area contributed by atoms with Crippen molar-refractivity contribution >= 4 is 27.9 Å². The normalized spacial score (nSPS) is 9.70. The summed E-state index contributed by atoms with van der Waals surface area (Å²) in [6.45, 7) is 4.58. The van der Waals surface area contributed by atoms with E-state index in [0.29, 0.717) is 6.54 Å². The highest BCUT2D eigenvalue weighted by Gasteiger charge is 2.04. The topological polar surface area (TPSA) is 116 Å². The molecule has 7 nitrogen and oxygen atoms in total. The van der Waals surface area contributed by atoms with Crippen molar-refractivity contribution in [1.82, 2.24) is 5.32 Å². The first kappa shape index (κ1) is 21.4. The van der Waals surface area contributed by atoms with E-state index in [-0.39, 0.29) is 6.61 Å². The van der Waals surface area contributed by atoms with Crippen molar-refractivity contribution in [2.24, 2.45) is 0 Å². The highest BCUT2D eigenvalue weighted by Crippen LogP contribution is 2.25. The fourth-order valence-electron chi connectivity index (χ4n) is 1.46. The van der Waals surface area contributed by atoms with Gasteiger partial charge in [-0.2, -0.15) is 0 Å². The molecule has 0 spiro atoms. The lowest BCUT2D eigenvalue weighted by molar-refractivity contribution is -0.159. The van der Waals surface area contributed by atoms with Crippen LogP contribution in [0.4, 0.5) is 0 Å². The minimum atomic E-state index is -1.82. The first-order chi connectivity index (χ1) is 10.9. The summed E-state index contributed by atoms with van der Waals surface area (Å²) >= 11 is 3.49. The zero-order chi connectivity index (χ0) is 17.7. The van der Waals surface area contributed by atoms with Crippen LogP contribution < -0.4 is 10.1 Å². The summed E-state index contributed by atoms with van der Waals surface area (Å²) in [5.41, 5.74) is 1.22. The number of aliphatic hydroxyl groups excluding tert-OH is 1. The van der Waals surface area contributed by atoms with Crippen molar-refractivity contribution in [1.29, 1.82) is 0 Å². The van der Waals surface area contributed by atoms with Gasteiger partial charge in [0.1, 0.15) is 5.75 Å². The molecule has 8 heteroatoms. The van der Waals surface area contributed by atoms with Crippen molar-refractivity contribution in [3.05, 3.63) is 28.2 Å². The molecule has 0 aliphatic heterocycles. The summed E-state index contributed by atoms with van der Waals surface area (Å²) in [6.07, 6.45) is 2.07. The fraction of sp³-hybridized carbons (Fsp3) is 0.467. The van der Waals surface area contributed by atoms with Gasteiger partial charge in [-0.05, 0) is 59.9 Å². The predicted octanol–water partition coefficient (Wildman–Crippen LogP) is 1.65. The Kier molecular flexibility index (Phi) is 11.9. The molecule has 0 aliphatic rings. The third-order valence-electron chi connectivity index (χ3n) is 2.56. The van der Waals surface area contributed by atoms with Gasteiger partial charge in [-0.15, -0.1) is 0 Å². The van der Waals surface area contributed by atoms with Gasteiger partial charge in [0.25, 0.3) is 0 Å². The summed E-state index contributed by atoms with van der Waals surface area (Å²) in [5, 5.41) is 26.5. The van der Waals surface area contributed by atoms with E-state index in [1.165, 1.54) is 5.56 Å². The van der Waals surface area contributed by atoms with Crippen LogP contribution in [0.1, 0.15) is 18.4 Å². The van der Waals surface area contributed by atoms with Gasteiger partial charge in [0, 0.05) is 6.54 Å². The minimum Gasteiger partial charge on any atom is -0.492 e. The van der Waals surface area contributed by atoms with Crippen LogP contribution in [-0.4, -0.2) is 53.6 Å². The maximum Gasteiger partial charge on any atom is 0.414 e. The number of carboxylic acid groups (broad SMARTS) is 2. The van der Waals surface area contributed by atoms with Crippen molar-refractivity contribution in [3.8, 4) is 5.75 Å². The van der Waals surface area contributed by atoms with Gasteiger partial charge in [-0.1, -0.05) is 6.07 Å². The quantitative estimate of drug-likeness (QED) is 0.393. The number of rotatable bonds is 8. The molecule has 1 aromatic rings. The first-order valence-electron chi connectivity index (χ1n) is 7.05. The number of halogens is 1. The molecule has 0 saturated heterocycles. The molecule has 1 rings (SSSR count). The molecule has 0 amide bonds. The van der Waals surface area contributed by atoms with Crippen LogP contribution in [0.15, 0.2) is 22.7 Å². The highest BCUT2D eigenvalue weighted by atomic mass is 79.9. The van der Waals surface area contributed by atoms with E-state index in [1.54, 1.807) is 0 Å². The molecule has 0 aromatic heterocycles. The number of hydrogen-bond donors (Lipinski definition) is 4. The van der Waals surface area contributed by atoms with Crippen molar-refractivity contribution in [2.75, 3.05) is 26.3 Å². The number of aliphatic hydroxyl groups is 1. The van der Waals surface area contributed by atoms with Gasteiger partial charge in [0.2, 0.25) is 0 Å². The lowest BCUT2D eigenvalue weighted by Gasteiger charge is -2.08. The van der Waals surface area contributed by atoms with Crippen molar-refractivity contribution in [2.45, 2.75) is 19.8 Å². The molecule has 0 aliphatic carbocycles. The van der Waals surface area contributed by atoms with Crippen LogP contribution in [-0.2, 0) is 9.59 Å². The second kappa shape index (κ2) is 12.9. The van der Waals surface area contributed by atoms with Crippen LogP contribution in [0.2, 0.25) is 0 Å². The molecule has 0 bridgehead atoms. The third-order valence-corrected chi connectivity index (χ3v) is 3.18. The number of nitrogens with one attached hydrogen (secondary N) is 1. The van der Waals surface area contributed by atoms with E-state index in [1.807, 2.05) is 12.1 Å². The third kappa shape index (κ3) is 11.6. The average molecular weight is 392 g/mol. The number of carboxylic acids is 2. The molecule has 0 atom stereocenters. The molecule has 0 fully saturated rings.